The second-order valence-electron chi connectivity index (χ2n) is 4.72. The van der Waals surface area contributed by atoms with Crippen LogP contribution in [0.1, 0.15) is 33.1 Å². The van der Waals surface area contributed by atoms with Crippen LogP contribution in [-0.2, 0) is 4.79 Å². The normalized spacial score (nSPS) is 20.7. The number of likely N-dealkylation sites (tertiary alicyclic amines) is 1. The van der Waals surface area contributed by atoms with E-state index in [1.54, 1.807) is 0 Å². The lowest BCUT2D eigenvalue weighted by Crippen LogP contribution is -2.44. The lowest BCUT2D eigenvalue weighted by Gasteiger charge is -2.31. The molecule has 1 amide bonds. The van der Waals surface area contributed by atoms with Gasteiger partial charge in [0.2, 0.25) is 5.91 Å². The Hall–Kier alpha value is -0.610. The van der Waals surface area contributed by atoms with Crippen molar-refractivity contribution in [1.29, 1.82) is 0 Å². The lowest BCUT2D eigenvalue weighted by atomic mass is 9.95. The Kier molecular flexibility index (Phi) is 5.77. The molecular weight excluding hydrogens is 202 g/mol. The Morgan fingerprint density at radius 3 is 2.62 bits per heavy atom. The predicted molar refractivity (Wildman–Crippen MR) is 66.1 cm³/mol. The van der Waals surface area contributed by atoms with Crippen LogP contribution in [0.4, 0.5) is 0 Å². The largest absolute Gasteiger partial charge is 0.353 e. The molecule has 0 spiro atoms. The van der Waals surface area contributed by atoms with Gasteiger partial charge in [-0.2, -0.15) is 0 Å². The third-order valence-electron chi connectivity index (χ3n) is 3.40. The minimum absolute atomic E-state index is 0.211. The number of amides is 1. The zero-order valence-corrected chi connectivity index (χ0v) is 10.5. The van der Waals surface area contributed by atoms with Crippen molar-refractivity contribution in [2.75, 3.05) is 26.2 Å². The fourth-order valence-electron chi connectivity index (χ4n) is 2.06. The Balaban J connectivity index is 2.27. The minimum Gasteiger partial charge on any atom is -0.353 e. The Labute approximate surface area is 98.6 Å². The predicted octanol–water partition coefficient (Wildman–Crippen LogP) is 0.572. The van der Waals surface area contributed by atoms with Crippen LogP contribution >= 0.6 is 0 Å². The summed E-state index contributed by atoms with van der Waals surface area (Å²) in [5.41, 5.74) is 5.52. The van der Waals surface area contributed by atoms with E-state index in [4.69, 9.17) is 5.73 Å². The highest BCUT2D eigenvalue weighted by Crippen LogP contribution is 2.17. The van der Waals surface area contributed by atoms with Crippen molar-refractivity contribution in [3.8, 4) is 0 Å². The van der Waals surface area contributed by atoms with E-state index in [2.05, 4.69) is 24.1 Å². The fraction of sp³-hybridized carbons (Fsp3) is 0.917. The van der Waals surface area contributed by atoms with Gasteiger partial charge in [0, 0.05) is 25.0 Å². The molecule has 0 aliphatic carbocycles. The summed E-state index contributed by atoms with van der Waals surface area (Å²) in [6, 6.07) is 0.301. The smallest absolute Gasteiger partial charge is 0.223 e. The topological polar surface area (TPSA) is 58.4 Å². The standard InChI is InChI=1S/C12H25N3O/c1-3-10(2)14-12(16)11-4-7-15(8-5-11)9-6-13/h10-11H,3-9,13H2,1-2H3,(H,14,16). The molecule has 1 fully saturated rings. The second kappa shape index (κ2) is 6.86. The van der Waals surface area contributed by atoms with Crippen LogP contribution in [0, 0.1) is 5.92 Å². The molecule has 0 aromatic rings. The molecule has 1 rings (SSSR count). The first-order valence-corrected chi connectivity index (χ1v) is 6.40. The third-order valence-corrected chi connectivity index (χ3v) is 3.40. The molecule has 4 nitrogen and oxygen atoms in total. The van der Waals surface area contributed by atoms with Crippen molar-refractivity contribution in [2.24, 2.45) is 11.7 Å². The van der Waals surface area contributed by atoms with Crippen molar-refractivity contribution < 1.29 is 4.79 Å². The molecule has 0 bridgehead atoms. The summed E-state index contributed by atoms with van der Waals surface area (Å²) in [5.74, 6) is 0.449. The molecule has 0 saturated carbocycles. The van der Waals surface area contributed by atoms with Crippen molar-refractivity contribution >= 4 is 5.91 Å². The van der Waals surface area contributed by atoms with Crippen LogP contribution in [0.5, 0.6) is 0 Å². The van der Waals surface area contributed by atoms with Gasteiger partial charge in [0.15, 0.2) is 0 Å². The van der Waals surface area contributed by atoms with Crippen LogP contribution < -0.4 is 11.1 Å². The maximum absolute atomic E-state index is 11.9. The van der Waals surface area contributed by atoms with Gasteiger partial charge >= 0.3 is 0 Å². The summed E-state index contributed by atoms with van der Waals surface area (Å²) in [6.45, 7) is 7.84. The third kappa shape index (κ3) is 4.10. The summed E-state index contributed by atoms with van der Waals surface area (Å²) >= 11 is 0. The molecular formula is C12H25N3O. The molecule has 1 saturated heterocycles. The maximum atomic E-state index is 11.9. The molecule has 1 aliphatic rings. The number of hydrogen-bond acceptors (Lipinski definition) is 3. The molecule has 4 heteroatoms. The zero-order chi connectivity index (χ0) is 12.0. The summed E-state index contributed by atoms with van der Waals surface area (Å²) in [4.78, 5) is 14.2. The van der Waals surface area contributed by atoms with E-state index < -0.39 is 0 Å². The van der Waals surface area contributed by atoms with E-state index in [-0.39, 0.29) is 11.8 Å². The van der Waals surface area contributed by atoms with Gasteiger partial charge in [0.25, 0.3) is 0 Å². The average molecular weight is 227 g/mol. The molecule has 16 heavy (non-hydrogen) atoms. The number of piperidine rings is 1. The van der Waals surface area contributed by atoms with Crippen molar-refractivity contribution in [1.82, 2.24) is 10.2 Å². The SMILES string of the molecule is CCC(C)NC(=O)C1CCN(CCN)CC1. The highest BCUT2D eigenvalue weighted by Gasteiger charge is 2.24. The number of carbonyl (C=O) groups excluding carboxylic acids is 1. The molecule has 0 aromatic heterocycles. The van der Waals surface area contributed by atoms with E-state index >= 15 is 0 Å². The van der Waals surface area contributed by atoms with E-state index in [9.17, 15) is 4.79 Å². The first kappa shape index (κ1) is 13.5. The van der Waals surface area contributed by atoms with E-state index in [1.807, 2.05) is 0 Å². The summed E-state index contributed by atoms with van der Waals surface area (Å²) in [6.07, 6.45) is 2.95. The van der Waals surface area contributed by atoms with Crippen molar-refractivity contribution in [2.45, 2.75) is 39.2 Å². The van der Waals surface area contributed by atoms with Gasteiger partial charge in [-0.3, -0.25) is 4.79 Å². The summed E-state index contributed by atoms with van der Waals surface area (Å²) < 4.78 is 0. The van der Waals surface area contributed by atoms with E-state index in [0.717, 1.165) is 38.9 Å². The van der Waals surface area contributed by atoms with Gasteiger partial charge < -0.3 is 16.0 Å². The Morgan fingerprint density at radius 1 is 1.50 bits per heavy atom. The maximum Gasteiger partial charge on any atom is 0.223 e. The Morgan fingerprint density at radius 2 is 2.12 bits per heavy atom. The minimum atomic E-state index is 0.211. The van der Waals surface area contributed by atoms with Gasteiger partial charge in [-0.25, -0.2) is 0 Å². The van der Waals surface area contributed by atoms with Gasteiger partial charge in [-0.1, -0.05) is 6.92 Å². The number of nitrogens with zero attached hydrogens (tertiary/aromatic N) is 1. The van der Waals surface area contributed by atoms with Gasteiger partial charge in [-0.15, -0.1) is 0 Å². The number of nitrogens with one attached hydrogen (secondary N) is 1. The lowest BCUT2D eigenvalue weighted by molar-refractivity contribution is -0.127. The molecule has 94 valence electrons. The number of carbonyl (C=O) groups is 1. The second-order valence-corrected chi connectivity index (χ2v) is 4.72. The van der Waals surface area contributed by atoms with Gasteiger partial charge in [-0.05, 0) is 39.3 Å². The van der Waals surface area contributed by atoms with Crippen LogP contribution in [0.3, 0.4) is 0 Å². The number of hydrogen-bond donors (Lipinski definition) is 2. The summed E-state index contributed by atoms with van der Waals surface area (Å²) in [5, 5.41) is 3.06. The fourth-order valence-corrected chi connectivity index (χ4v) is 2.06. The van der Waals surface area contributed by atoms with Gasteiger partial charge in [0.1, 0.15) is 0 Å². The average Bonchev–Trinajstić information content (AvgIpc) is 2.30. The summed E-state index contributed by atoms with van der Waals surface area (Å²) in [7, 11) is 0. The quantitative estimate of drug-likeness (QED) is 0.722. The van der Waals surface area contributed by atoms with Crippen LogP contribution in [-0.4, -0.2) is 43.0 Å². The molecule has 0 radical (unpaired) electrons. The molecule has 3 N–H and O–H groups in total. The monoisotopic (exact) mass is 227 g/mol. The molecule has 1 unspecified atom stereocenters. The van der Waals surface area contributed by atoms with Gasteiger partial charge in [0.05, 0.1) is 0 Å². The molecule has 1 aliphatic heterocycles. The zero-order valence-electron chi connectivity index (χ0n) is 10.5. The first-order chi connectivity index (χ1) is 7.67. The molecule has 1 heterocycles. The van der Waals surface area contributed by atoms with Crippen molar-refractivity contribution in [3.63, 3.8) is 0 Å². The number of rotatable bonds is 5. The van der Waals surface area contributed by atoms with Crippen LogP contribution in [0.15, 0.2) is 0 Å². The highest BCUT2D eigenvalue weighted by atomic mass is 16.1. The van der Waals surface area contributed by atoms with Crippen LogP contribution in [0.2, 0.25) is 0 Å². The molecule has 1 atom stereocenters. The van der Waals surface area contributed by atoms with Crippen LogP contribution in [0.25, 0.3) is 0 Å². The van der Waals surface area contributed by atoms with Crippen molar-refractivity contribution in [3.05, 3.63) is 0 Å². The highest BCUT2D eigenvalue weighted by molar-refractivity contribution is 5.79. The first-order valence-electron chi connectivity index (χ1n) is 6.40. The molecule has 0 aromatic carbocycles. The Bertz CT molecular complexity index is 212. The number of nitrogens with two attached hydrogens (primary N) is 1. The van der Waals surface area contributed by atoms with E-state index in [0.29, 0.717) is 12.6 Å². The van der Waals surface area contributed by atoms with E-state index in [1.165, 1.54) is 0 Å².